The zero-order valence-corrected chi connectivity index (χ0v) is 15.7. The number of benzene rings is 2. The topological polar surface area (TPSA) is 107 Å². The lowest BCUT2D eigenvalue weighted by molar-refractivity contribution is -0.119. The van der Waals surface area contributed by atoms with Crippen molar-refractivity contribution in [2.45, 2.75) is 24.9 Å². The van der Waals surface area contributed by atoms with Gasteiger partial charge in [0, 0.05) is 28.9 Å². The van der Waals surface area contributed by atoms with Gasteiger partial charge >= 0.3 is 0 Å². The van der Waals surface area contributed by atoms with E-state index in [0.29, 0.717) is 30.8 Å². The standard InChI is InChI=1S/C19H20BrN3O3/c20-12-6-4-11(5-7-12)10-16(18(22)24)23-19(25)14-3-1-2-13-15(21)8-9-26-17(13)14/h1-7,15-16H,8-10,21H2,(H2,22,24)(H,23,25). The Balaban J connectivity index is 1.80. The van der Waals surface area contributed by atoms with Crippen LogP contribution in [0.1, 0.15) is 33.9 Å². The molecule has 0 radical (unpaired) electrons. The first-order valence-electron chi connectivity index (χ1n) is 8.31. The van der Waals surface area contributed by atoms with Crippen LogP contribution in [-0.4, -0.2) is 24.5 Å². The van der Waals surface area contributed by atoms with Gasteiger partial charge in [0.05, 0.1) is 12.2 Å². The van der Waals surface area contributed by atoms with Gasteiger partial charge in [-0.25, -0.2) is 0 Å². The summed E-state index contributed by atoms with van der Waals surface area (Å²) in [4.78, 5) is 24.6. The Morgan fingerprint density at radius 2 is 1.96 bits per heavy atom. The summed E-state index contributed by atoms with van der Waals surface area (Å²) in [5.41, 5.74) is 13.6. The van der Waals surface area contributed by atoms with Gasteiger partial charge in [-0.1, -0.05) is 40.2 Å². The van der Waals surface area contributed by atoms with Gasteiger partial charge in [-0.3, -0.25) is 9.59 Å². The van der Waals surface area contributed by atoms with Gasteiger partial charge < -0.3 is 21.5 Å². The van der Waals surface area contributed by atoms with Gasteiger partial charge in [-0.15, -0.1) is 0 Å². The molecule has 2 aromatic rings. The van der Waals surface area contributed by atoms with Crippen LogP contribution < -0.4 is 21.5 Å². The molecule has 1 aliphatic heterocycles. The van der Waals surface area contributed by atoms with E-state index in [1.165, 1.54) is 0 Å². The summed E-state index contributed by atoms with van der Waals surface area (Å²) in [6.45, 7) is 0.455. The number of carbonyl (C=O) groups is 2. The fraction of sp³-hybridized carbons (Fsp3) is 0.263. The van der Waals surface area contributed by atoms with Crippen molar-refractivity contribution in [3.8, 4) is 5.75 Å². The number of halogens is 1. The van der Waals surface area contributed by atoms with Crippen molar-refractivity contribution in [2.75, 3.05) is 6.61 Å². The molecule has 26 heavy (non-hydrogen) atoms. The number of nitrogens with one attached hydrogen (secondary N) is 1. The summed E-state index contributed by atoms with van der Waals surface area (Å²) < 4.78 is 6.59. The average molecular weight is 418 g/mol. The van der Waals surface area contributed by atoms with E-state index >= 15 is 0 Å². The number of rotatable bonds is 5. The maximum absolute atomic E-state index is 12.7. The SMILES string of the molecule is NC(=O)C(Cc1ccc(Br)cc1)NC(=O)c1cccc2c1OCCC2N. The highest BCUT2D eigenvalue weighted by Crippen LogP contribution is 2.33. The molecule has 5 N–H and O–H groups in total. The first-order valence-corrected chi connectivity index (χ1v) is 9.11. The molecule has 0 fully saturated rings. The summed E-state index contributed by atoms with van der Waals surface area (Å²) >= 11 is 3.37. The van der Waals surface area contributed by atoms with E-state index in [4.69, 9.17) is 16.2 Å². The van der Waals surface area contributed by atoms with Gasteiger partial charge in [0.2, 0.25) is 5.91 Å². The number of ether oxygens (including phenoxy) is 1. The second-order valence-electron chi connectivity index (χ2n) is 6.23. The molecule has 2 amide bonds. The van der Waals surface area contributed by atoms with E-state index < -0.39 is 17.9 Å². The monoisotopic (exact) mass is 417 g/mol. The van der Waals surface area contributed by atoms with E-state index in [1.54, 1.807) is 12.1 Å². The Bertz CT molecular complexity index is 823. The van der Waals surface area contributed by atoms with Gasteiger partial charge in [0.1, 0.15) is 11.8 Å². The summed E-state index contributed by atoms with van der Waals surface area (Å²) in [7, 11) is 0. The molecule has 0 bridgehead atoms. The van der Waals surface area contributed by atoms with E-state index in [2.05, 4.69) is 21.2 Å². The number of fused-ring (bicyclic) bond motifs is 1. The van der Waals surface area contributed by atoms with Gasteiger partial charge in [0.25, 0.3) is 5.91 Å². The number of carbonyl (C=O) groups excluding carboxylic acids is 2. The Hall–Kier alpha value is -2.38. The lowest BCUT2D eigenvalue weighted by Gasteiger charge is -2.25. The molecule has 1 aliphatic rings. The van der Waals surface area contributed by atoms with E-state index in [-0.39, 0.29) is 6.04 Å². The number of hydrogen-bond donors (Lipinski definition) is 3. The van der Waals surface area contributed by atoms with Crippen LogP contribution in [0.4, 0.5) is 0 Å². The molecule has 3 rings (SSSR count). The molecule has 0 saturated heterocycles. The summed E-state index contributed by atoms with van der Waals surface area (Å²) in [5.74, 6) is -0.517. The second-order valence-corrected chi connectivity index (χ2v) is 7.14. The number of primary amides is 1. The Morgan fingerprint density at radius 3 is 2.65 bits per heavy atom. The Kier molecular flexibility index (Phi) is 5.58. The van der Waals surface area contributed by atoms with Crippen LogP contribution >= 0.6 is 15.9 Å². The maximum Gasteiger partial charge on any atom is 0.255 e. The number of amides is 2. The van der Waals surface area contributed by atoms with Crippen LogP contribution in [0.5, 0.6) is 5.75 Å². The van der Waals surface area contributed by atoms with Crippen molar-refractivity contribution in [1.82, 2.24) is 5.32 Å². The van der Waals surface area contributed by atoms with Gasteiger partial charge in [0.15, 0.2) is 0 Å². The molecule has 0 saturated carbocycles. The first-order chi connectivity index (χ1) is 12.5. The molecule has 2 aromatic carbocycles. The molecule has 2 atom stereocenters. The molecule has 0 spiro atoms. The van der Waals surface area contributed by atoms with Crippen LogP contribution in [-0.2, 0) is 11.2 Å². The third-order valence-corrected chi connectivity index (χ3v) is 4.90. The number of para-hydroxylation sites is 1. The smallest absolute Gasteiger partial charge is 0.255 e. The van der Waals surface area contributed by atoms with Gasteiger partial charge in [-0.2, -0.15) is 0 Å². The molecule has 0 aromatic heterocycles. The van der Waals surface area contributed by atoms with Crippen molar-refractivity contribution in [3.63, 3.8) is 0 Å². The average Bonchev–Trinajstić information content (AvgIpc) is 2.62. The van der Waals surface area contributed by atoms with E-state index in [9.17, 15) is 9.59 Å². The summed E-state index contributed by atoms with van der Waals surface area (Å²) in [6.07, 6.45) is 1.01. The predicted octanol–water partition coefficient (Wildman–Crippen LogP) is 2.06. The molecule has 1 heterocycles. The minimum Gasteiger partial charge on any atom is -0.492 e. The fourth-order valence-electron chi connectivity index (χ4n) is 2.95. The molecule has 7 heteroatoms. The van der Waals surface area contributed by atoms with E-state index in [0.717, 1.165) is 15.6 Å². The zero-order chi connectivity index (χ0) is 18.7. The van der Waals surface area contributed by atoms with Gasteiger partial charge in [-0.05, 0) is 23.8 Å². The largest absolute Gasteiger partial charge is 0.492 e. The number of hydrogen-bond acceptors (Lipinski definition) is 4. The molecule has 6 nitrogen and oxygen atoms in total. The summed E-state index contributed by atoms with van der Waals surface area (Å²) in [5, 5.41) is 2.71. The van der Waals surface area contributed by atoms with Crippen molar-refractivity contribution in [3.05, 3.63) is 63.6 Å². The zero-order valence-electron chi connectivity index (χ0n) is 14.1. The van der Waals surface area contributed by atoms with Crippen LogP contribution in [0, 0.1) is 0 Å². The van der Waals surface area contributed by atoms with Crippen LogP contribution in [0.25, 0.3) is 0 Å². The summed E-state index contributed by atoms with van der Waals surface area (Å²) in [6, 6.07) is 11.8. The first kappa shape index (κ1) is 18.4. The van der Waals surface area contributed by atoms with Crippen LogP contribution in [0.3, 0.4) is 0 Å². The third-order valence-electron chi connectivity index (χ3n) is 4.37. The lowest BCUT2D eigenvalue weighted by Crippen LogP contribution is -2.46. The lowest BCUT2D eigenvalue weighted by atomic mass is 9.97. The third kappa shape index (κ3) is 4.05. The maximum atomic E-state index is 12.7. The highest BCUT2D eigenvalue weighted by molar-refractivity contribution is 9.10. The molecule has 136 valence electrons. The molecular weight excluding hydrogens is 398 g/mol. The number of nitrogens with two attached hydrogens (primary N) is 2. The quantitative estimate of drug-likeness (QED) is 0.691. The van der Waals surface area contributed by atoms with Crippen LogP contribution in [0.2, 0.25) is 0 Å². The van der Waals surface area contributed by atoms with Crippen molar-refractivity contribution < 1.29 is 14.3 Å². The minimum atomic E-state index is -0.822. The normalized spacial score (nSPS) is 16.9. The predicted molar refractivity (Wildman–Crippen MR) is 102 cm³/mol. The van der Waals surface area contributed by atoms with Crippen molar-refractivity contribution in [2.24, 2.45) is 11.5 Å². The Morgan fingerprint density at radius 1 is 1.23 bits per heavy atom. The fourth-order valence-corrected chi connectivity index (χ4v) is 3.21. The highest BCUT2D eigenvalue weighted by atomic mass is 79.9. The van der Waals surface area contributed by atoms with E-state index in [1.807, 2.05) is 30.3 Å². The van der Waals surface area contributed by atoms with Crippen molar-refractivity contribution in [1.29, 1.82) is 0 Å². The minimum absolute atomic E-state index is 0.166. The molecular formula is C19H20BrN3O3. The second kappa shape index (κ2) is 7.88. The van der Waals surface area contributed by atoms with Crippen LogP contribution in [0.15, 0.2) is 46.9 Å². The molecule has 0 aliphatic carbocycles. The molecule has 2 unspecified atom stereocenters. The highest BCUT2D eigenvalue weighted by Gasteiger charge is 2.26. The Labute approximate surface area is 160 Å². The van der Waals surface area contributed by atoms with Crippen molar-refractivity contribution >= 4 is 27.7 Å².